The van der Waals surface area contributed by atoms with Crippen LogP contribution in [0.25, 0.3) is 0 Å². The van der Waals surface area contributed by atoms with Gasteiger partial charge in [-0.05, 0) is 30.7 Å². The van der Waals surface area contributed by atoms with Gasteiger partial charge < -0.3 is 9.80 Å². The number of pyridine rings is 2. The molecule has 8 heteroatoms. The fraction of sp³-hybridized carbons (Fsp3) is 0.389. The Bertz CT molecular complexity index is 812. The van der Waals surface area contributed by atoms with Crippen molar-refractivity contribution in [3.8, 4) is 0 Å². The first-order valence-electron chi connectivity index (χ1n) is 8.43. The molecular weight excluding hydrogens is 345 g/mol. The fourth-order valence-corrected chi connectivity index (χ4v) is 3.80. The Morgan fingerprint density at radius 2 is 1.96 bits per heavy atom. The number of rotatable bonds is 2. The Kier molecular flexibility index (Phi) is 4.05. The summed E-state index contributed by atoms with van der Waals surface area (Å²) in [5.74, 6) is 0.412. The molecule has 0 spiro atoms. The second-order valence-electron chi connectivity index (χ2n) is 6.64. The van der Waals surface area contributed by atoms with Crippen LogP contribution in [0.5, 0.6) is 0 Å². The number of nitrogens with zero attached hydrogens (tertiary/aromatic N) is 4. The topological polar surface area (TPSA) is 49.3 Å². The van der Waals surface area contributed by atoms with Crippen molar-refractivity contribution < 1.29 is 18.0 Å². The minimum Gasteiger partial charge on any atom is -0.354 e. The first-order valence-corrected chi connectivity index (χ1v) is 8.43. The molecule has 1 amide bonds. The van der Waals surface area contributed by atoms with E-state index in [0.717, 1.165) is 18.6 Å². The van der Waals surface area contributed by atoms with Gasteiger partial charge in [0, 0.05) is 37.9 Å². The Morgan fingerprint density at radius 3 is 2.69 bits per heavy atom. The van der Waals surface area contributed by atoms with Crippen LogP contribution in [0, 0.1) is 5.92 Å². The molecule has 2 aliphatic rings. The summed E-state index contributed by atoms with van der Waals surface area (Å²) in [6, 6.07) is 7.21. The molecule has 0 bridgehead atoms. The fourth-order valence-electron chi connectivity index (χ4n) is 3.80. The Balaban J connectivity index is 1.52. The third kappa shape index (κ3) is 3.00. The van der Waals surface area contributed by atoms with Crippen molar-refractivity contribution >= 4 is 11.7 Å². The van der Waals surface area contributed by atoms with E-state index in [9.17, 15) is 18.0 Å². The number of fused-ring (bicyclic) bond motifs is 1. The molecule has 0 saturated carbocycles. The van der Waals surface area contributed by atoms with E-state index in [-0.39, 0.29) is 17.9 Å². The highest BCUT2D eigenvalue weighted by atomic mass is 19.4. The number of anilines is 1. The minimum absolute atomic E-state index is 0.0270. The lowest BCUT2D eigenvalue weighted by Crippen LogP contribution is -2.40. The van der Waals surface area contributed by atoms with Crippen molar-refractivity contribution in [2.24, 2.45) is 5.92 Å². The van der Waals surface area contributed by atoms with Gasteiger partial charge in [-0.3, -0.25) is 9.78 Å². The van der Waals surface area contributed by atoms with Crippen molar-refractivity contribution in [3.63, 3.8) is 0 Å². The molecule has 2 aromatic rings. The van der Waals surface area contributed by atoms with Crippen LogP contribution in [0.3, 0.4) is 0 Å². The highest BCUT2D eigenvalue weighted by Crippen LogP contribution is 2.36. The largest absolute Gasteiger partial charge is 0.416 e. The molecule has 2 aromatic heterocycles. The zero-order chi connectivity index (χ0) is 18.3. The summed E-state index contributed by atoms with van der Waals surface area (Å²) in [5.41, 5.74) is -0.315. The number of hydrogen-bond acceptors (Lipinski definition) is 4. The van der Waals surface area contributed by atoms with Crippen molar-refractivity contribution in [2.75, 3.05) is 24.5 Å². The summed E-state index contributed by atoms with van der Waals surface area (Å²) < 4.78 is 38.8. The van der Waals surface area contributed by atoms with E-state index < -0.39 is 11.7 Å². The summed E-state index contributed by atoms with van der Waals surface area (Å²) in [4.78, 5) is 24.5. The molecule has 4 rings (SSSR count). The van der Waals surface area contributed by atoms with E-state index in [1.54, 1.807) is 29.3 Å². The summed E-state index contributed by atoms with van der Waals surface area (Å²) in [6.45, 7) is 1.73. The van der Waals surface area contributed by atoms with E-state index in [2.05, 4.69) is 9.97 Å². The van der Waals surface area contributed by atoms with Crippen molar-refractivity contribution in [3.05, 3.63) is 54.0 Å². The molecule has 2 atom stereocenters. The van der Waals surface area contributed by atoms with Crippen molar-refractivity contribution in [1.29, 1.82) is 0 Å². The third-order valence-corrected chi connectivity index (χ3v) is 5.09. The maximum absolute atomic E-state index is 12.9. The van der Waals surface area contributed by atoms with Crippen LogP contribution in [0.2, 0.25) is 0 Å². The summed E-state index contributed by atoms with van der Waals surface area (Å²) in [7, 11) is 0. The molecule has 2 aliphatic heterocycles. The normalized spacial score (nSPS) is 22.6. The number of alkyl halides is 3. The van der Waals surface area contributed by atoms with Gasteiger partial charge >= 0.3 is 6.18 Å². The van der Waals surface area contributed by atoms with Gasteiger partial charge in [-0.2, -0.15) is 13.2 Å². The summed E-state index contributed by atoms with van der Waals surface area (Å²) in [6.07, 6.45) is -0.801. The highest BCUT2D eigenvalue weighted by molar-refractivity contribution is 5.92. The second-order valence-corrected chi connectivity index (χ2v) is 6.64. The number of halogens is 3. The molecule has 0 aliphatic carbocycles. The van der Waals surface area contributed by atoms with Gasteiger partial charge in [0.05, 0.1) is 11.6 Å². The molecule has 2 saturated heterocycles. The first-order chi connectivity index (χ1) is 12.4. The maximum atomic E-state index is 12.9. The van der Waals surface area contributed by atoms with Gasteiger partial charge in [-0.15, -0.1) is 0 Å². The van der Waals surface area contributed by atoms with E-state index in [4.69, 9.17) is 0 Å². The van der Waals surface area contributed by atoms with Gasteiger partial charge in [0.25, 0.3) is 5.91 Å². The zero-order valence-electron chi connectivity index (χ0n) is 13.9. The van der Waals surface area contributed by atoms with Crippen LogP contribution in [-0.4, -0.2) is 46.5 Å². The van der Waals surface area contributed by atoms with Crippen LogP contribution in [-0.2, 0) is 6.18 Å². The predicted molar refractivity (Wildman–Crippen MR) is 88.6 cm³/mol. The maximum Gasteiger partial charge on any atom is 0.416 e. The molecule has 0 radical (unpaired) electrons. The van der Waals surface area contributed by atoms with Crippen molar-refractivity contribution in [2.45, 2.75) is 18.6 Å². The van der Waals surface area contributed by atoms with Crippen LogP contribution < -0.4 is 4.90 Å². The number of carbonyl (C=O) groups excluding carboxylic acids is 1. The number of hydrogen-bond donors (Lipinski definition) is 0. The van der Waals surface area contributed by atoms with Gasteiger partial charge in [0.15, 0.2) is 0 Å². The van der Waals surface area contributed by atoms with E-state index in [1.165, 1.54) is 6.20 Å². The van der Waals surface area contributed by atoms with E-state index in [1.807, 2.05) is 4.90 Å². The number of amides is 1. The SMILES string of the molecule is O=C(c1ccccn1)N1CCC2CN(c3cc(C(F)(F)F)ccn3)CC21. The van der Waals surface area contributed by atoms with Crippen LogP contribution >= 0.6 is 0 Å². The Hall–Kier alpha value is -2.64. The van der Waals surface area contributed by atoms with Gasteiger partial charge in [-0.25, -0.2) is 4.98 Å². The molecule has 26 heavy (non-hydrogen) atoms. The molecule has 2 unspecified atom stereocenters. The zero-order valence-corrected chi connectivity index (χ0v) is 13.9. The summed E-state index contributed by atoms with van der Waals surface area (Å²) >= 11 is 0. The Labute approximate surface area is 148 Å². The quantitative estimate of drug-likeness (QED) is 0.824. The van der Waals surface area contributed by atoms with Gasteiger partial charge in [0.1, 0.15) is 11.5 Å². The van der Waals surface area contributed by atoms with Crippen molar-refractivity contribution in [1.82, 2.24) is 14.9 Å². The van der Waals surface area contributed by atoms with Crippen LogP contribution in [0.15, 0.2) is 42.7 Å². The van der Waals surface area contributed by atoms with E-state index in [0.29, 0.717) is 31.1 Å². The standard InChI is InChI=1S/C18H17F3N4O/c19-18(20,21)13-4-7-23-16(9-13)24-10-12-5-8-25(15(12)11-24)17(26)14-3-1-2-6-22-14/h1-4,6-7,9,12,15H,5,8,10-11H2. The average Bonchev–Trinajstić information content (AvgIpc) is 3.22. The molecule has 0 aromatic carbocycles. The van der Waals surface area contributed by atoms with Gasteiger partial charge in [-0.1, -0.05) is 6.07 Å². The monoisotopic (exact) mass is 362 g/mol. The lowest BCUT2D eigenvalue weighted by atomic mass is 10.1. The number of likely N-dealkylation sites (tertiary alicyclic amines) is 1. The molecule has 4 heterocycles. The molecule has 5 nitrogen and oxygen atoms in total. The summed E-state index contributed by atoms with van der Waals surface area (Å²) in [5, 5.41) is 0. The molecule has 136 valence electrons. The van der Waals surface area contributed by atoms with Crippen LogP contribution in [0.4, 0.5) is 19.0 Å². The van der Waals surface area contributed by atoms with Crippen LogP contribution in [0.1, 0.15) is 22.5 Å². The predicted octanol–water partition coefficient (Wildman–Crippen LogP) is 2.85. The Morgan fingerprint density at radius 1 is 1.12 bits per heavy atom. The molecular formula is C18H17F3N4O. The van der Waals surface area contributed by atoms with E-state index >= 15 is 0 Å². The first kappa shape index (κ1) is 16.8. The minimum atomic E-state index is -4.39. The average molecular weight is 362 g/mol. The smallest absolute Gasteiger partial charge is 0.354 e. The molecule has 2 fully saturated rings. The lowest BCUT2D eigenvalue weighted by Gasteiger charge is -2.25. The number of aromatic nitrogens is 2. The number of carbonyl (C=O) groups is 1. The van der Waals surface area contributed by atoms with Gasteiger partial charge in [0.2, 0.25) is 0 Å². The lowest BCUT2D eigenvalue weighted by molar-refractivity contribution is -0.137. The molecule has 0 N–H and O–H groups in total. The highest BCUT2D eigenvalue weighted by Gasteiger charge is 2.44. The second kappa shape index (κ2) is 6.26. The third-order valence-electron chi connectivity index (χ3n) is 5.09.